The number of allylic oxidation sites excluding steroid dienone is 4. The van der Waals surface area contributed by atoms with E-state index in [4.69, 9.17) is 4.98 Å². The van der Waals surface area contributed by atoms with E-state index in [1.807, 2.05) is 36.0 Å². The zero-order valence-corrected chi connectivity index (χ0v) is 12.7. The molecule has 108 valence electrons. The van der Waals surface area contributed by atoms with E-state index < -0.39 is 0 Å². The number of aryl methyl sites for hydroxylation is 2. The fourth-order valence-corrected chi connectivity index (χ4v) is 2.95. The number of nitrogens with zero attached hydrogens (tertiary/aromatic N) is 2. The van der Waals surface area contributed by atoms with Gasteiger partial charge in [0.25, 0.3) is 0 Å². The van der Waals surface area contributed by atoms with Crippen molar-refractivity contribution in [3.63, 3.8) is 0 Å². The van der Waals surface area contributed by atoms with E-state index in [9.17, 15) is 0 Å². The van der Waals surface area contributed by atoms with E-state index in [2.05, 4.69) is 48.9 Å². The molecule has 0 amide bonds. The Bertz CT molecular complexity index is 925. The normalized spacial score (nSPS) is 14.2. The number of nitrogens with one attached hydrogen (secondary N) is 1. The minimum absolute atomic E-state index is 1.04. The van der Waals surface area contributed by atoms with Crippen LogP contribution in [0.1, 0.15) is 11.1 Å². The molecule has 0 bridgehead atoms. The predicted octanol–water partition coefficient (Wildman–Crippen LogP) is 4.00. The standard InChI is InChI=1S/C19H17N3/c1-13-10-14(17-6-4-3-5-8-20-17)11-16-15-7-9-22(2)12-18(15)21-19(13)16/h3-12,20H,1-2H3. The highest BCUT2D eigenvalue weighted by atomic mass is 14.9. The second-order valence-corrected chi connectivity index (χ2v) is 5.68. The molecule has 0 saturated carbocycles. The van der Waals surface area contributed by atoms with Crippen molar-refractivity contribution >= 4 is 16.6 Å². The van der Waals surface area contributed by atoms with E-state index in [1.165, 1.54) is 22.1 Å². The first-order valence-corrected chi connectivity index (χ1v) is 7.39. The van der Waals surface area contributed by atoms with Gasteiger partial charge in [0.05, 0.1) is 11.2 Å². The second kappa shape index (κ2) is 4.88. The highest BCUT2D eigenvalue weighted by Gasteiger charge is 2.15. The fourth-order valence-electron chi connectivity index (χ4n) is 2.95. The molecule has 1 N–H and O–H groups in total. The Hall–Kier alpha value is -2.81. The molecule has 3 aliphatic heterocycles. The number of rotatable bonds is 1. The summed E-state index contributed by atoms with van der Waals surface area (Å²) < 4.78 is 2.04. The molecule has 3 aliphatic rings. The van der Waals surface area contributed by atoms with Gasteiger partial charge in [-0.3, -0.25) is 0 Å². The third-order valence-corrected chi connectivity index (χ3v) is 4.03. The number of aromatic nitrogens is 2. The van der Waals surface area contributed by atoms with E-state index in [1.54, 1.807) is 0 Å². The van der Waals surface area contributed by atoms with Gasteiger partial charge in [-0.15, -0.1) is 0 Å². The highest BCUT2D eigenvalue weighted by Crippen LogP contribution is 2.34. The van der Waals surface area contributed by atoms with Gasteiger partial charge in [-0.25, -0.2) is 4.98 Å². The Labute approximate surface area is 129 Å². The van der Waals surface area contributed by atoms with Gasteiger partial charge in [0.15, 0.2) is 0 Å². The number of pyridine rings is 1. The monoisotopic (exact) mass is 287 g/mol. The smallest absolute Gasteiger partial charge is 0.0878 e. The molecule has 22 heavy (non-hydrogen) atoms. The molecule has 0 aromatic heterocycles. The van der Waals surface area contributed by atoms with Gasteiger partial charge in [-0.05, 0) is 48.4 Å². The molecular formula is C19H17N3. The molecule has 3 nitrogen and oxygen atoms in total. The molecule has 0 saturated heterocycles. The highest BCUT2D eigenvalue weighted by molar-refractivity contribution is 6.00. The third kappa shape index (κ3) is 2.02. The predicted molar refractivity (Wildman–Crippen MR) is 91.5 cm³/mol. The lowest BCUT2D eigenvalue weighted by atomic mass is 10.0. The summed E-state index contributed by atoms with van der Waals surface area (Å²) in [7, 11) is 2.02. The Balaban J connectivity index is 1.96. The summed E-state index contributed by atoms with van der Waals surface area (Å²) >= 11 is 0. The van der Waals surface area contributed by atoms with Crippen molar-refractivity contribution < 1.29 is 0 Å². The average Bonchev–Trinajstić information content (AvgIpc) is 2.70. The summed E-state index contributed by atoms with van der Waals surface area (Å²) in [6, 6.07) is 6.56. The molecule has 0 spiro atoms. The lowest BCUT2D eigenvalue weighted by Gasteiger charge is -2.09. The van der Waals surface area contributed by atoms with Gasteiger partial charge in [0.1, 0.15) is 0 Å². The minimum Gasteiger partial charge on any atom is -0.361 e. The number of hydrogen-bond acceptors (Lipinski definition) is 2. The van der Waals surface area contributed by atoms with Crippen LogP contribution in [0.2, 0.25) is 0 Å². The van der Waals surface area contributed by atoms with Gasteiger partial charge in [0, 0.05) is 42.3 Å². The summed E-state index contributed by atoms with van der Waals surface area (Å²) in [6.45, 7) is 2.13. The van der Waals surface area contributed by atoms with Crippen LogP contribution in [0.5, 0.6) is 0 Å². The summed E-state index contributed by atoms with van der Waals surface area (Å²) in [5.74, 6) is 0. The number of benzene rings is 1. The summed E-state index contributed by atoms with van der Waals surface area (Å²) in [4.78, 5) is 4.79. The topological polar surface area (TPSA) is 29.9 Å². The van der Waals surface area contributed by atoms with Gasteiger partial charge in [0.2, 0.25) is 0 Å². The molecule has 0 aliphatic carbocycles. The minimum atomic E-state index is 1.04. The Morgan fingerprint density at radius 3 is 2.95 bits per heavy atom. The van der Waals surface area contributed by atoms with Crippen molar-refractivity contribution in [1.82, 2.24) is 14.9 Å². The van der Waals surface area contributed by atoms with Crippen LogP contribution in [-0.2, 0) is 7.05 Å². The molecule has 0 fully saturated rings. The van der Waals surface area contributed by atoms with Crippen molar-refractivity contribution in [3.05, 3.63) is 72.2 Å². The maximum Gasteiger partial charge on any atom is 0.0878 e. The van der Waals surface area contributed by atoms with Crippen LogP contribution in [0.3, 0.4) is 0 Å². The average molecular weight is 287 g/mol. The van der Waals surface area contributed by atoms with E-state index in [0.29, 0.717) is 0 Å². The van der Waals surface area contributed by atoms with Gasteiger partial charge in [-0.1, -0.05) is 12.2 Å². The third-order valence-electron chi connectivity index (χ3n) is 4.03. The maximum atomic E-state index is 4.79. The SMILES string of the molecule is Cc1cc(C2=CC=CC=CN2)cc2c3ccn(C)cc-3nc12. The van der Waals surface area contributed by atoms with E-state index in [0.717, 1.165) is 16.9 Å². The van der Waals surface area contributed by atoms with Crippen LogP contribution >= 0.6 is 0 Å². The molecule has 3 heterocycles. The lowest BCUT2D eigenvalue weighted by Crippen LogP contribution is -2.03. The molecule has 4 rings (SSSR count). The summed E-state index contributed by atoms with van der Waals surface area (Å²) in [5, 5.41) is 4.55. The lowest BCUT2D eigenvalue weighted by molar-refractivity contribution is 0.902. The van der Waals surface area contributed by atoms with E-state index >= 15 is 0 Å². The first-order chi connectivity index (χ1) is 10.7. The number of hydrogen-bond donors (Lipinski definition) is 1. The van der Waals surface area contributed by atoms with Crippen molar-refractivity contribution in [1.29, 1.82) is 0 Å². The zero-order valence-electron chi connectivity index (χ0n) is 12.7. The molecule has 1 aromatic carbocycles. The van der Waals surface area contributed by atoms with Crippen LogP contribution in [0.15, 0.2) is 61.1 Å². The van der Waals surface area contributed by atoms with Crippen molar-refractivity contribution in [3.8, 4) is 11.3 Å². The van der Waals surface area contributed by atoms with Crippen molar-refractivity contribution in [2.24, 2.45) is 7.05 Å². The Morgan fingerprint density at radius 2 is 2.05 bits per heavy atom. The molecule has 0 atom stereocenters. The molecule has 3 heteroatoms. The first kappa shape index (κ1) is 12.9. The fraction of sp³-hybridized carbons (Fsp3) is 0.105. The Kier molecular flexibility index (Phi) is 2.86. The molecular weight excluding hydrogens is 270 g/mol. The largest absolute Gasteiger partial charge is 0.361 e. The first-order valence-electron chi connectivity index (χ1n) is 7.39. The van der Waals surface area contributed by atoms with Gasteiger partial charge >= 0.3 is 0 Å². The van der Waals surface area contributed by atoms with E-state index in [-0.39, 0.29) is 0 Å². The Morgan fingerprint density at radius 1 is 1.14 bits per heavy atom. The van der Waals surface area contributed by atoms with Gasteiger partial charge in [-0.2, -0.15) is 0 Å². The van der Waals surface area contributed by atoms with Gasteiger partial charge < -0.3 is 9.88 Å². The van der Waals surface area contributed by atoms with Crippen LogP contribution in [0.4, 0.5) is 0 Å². The number of fused-ring (bicyclic) bond motifs is 3. The molecule has 0 unspecified atom stereocenters. The second-order valence-electron chi connectivity index (χ2n) is 5.68. The molecule has 1 aromatic rings. The van der Waals surface area contributed by atoms with Crippen LogP contribution in [0, 0.1) is 6.92 Å². The maximum absolute atomic E-state index is 4.79. The van der Waals surface area contributed by atoms with Crippen LogP contribution < -0.4 is 5.32 Å². The van der Waals surface area contributed by atoms with Crippen molar-refractivity contribution in [2.75, 3.05) is 0 Å². The summed E-state index contributed by atoms with van der Waals surface area (Å²) in [6.07, 6.45) is 14.3. The molecule has 0 radical (unpaired) electrons. The van der Waals surface area contributed by atoms with Crippen LogP contribution in [0.25, 0.3) is 27.9 Å². The quantitative estimate of drug-likeness (QED) is 0.733. The van der Waals surface area contributed by atoms with Crippen molar-refractivity contribution in [2.45, 2.75) is 6.92 Å². The zero-order chi connectivity index (χ0) is 15.1. The van der Waals surface area contributed by atoms with Crippen LogP contribution in [-0.4, -0.2) is 9.55 Å². The summed E-state index contributed by atoms with van der Waals surface area (Å²) in [5.41, 5.74) is 6.83.